The van der Waals surface area contributed by atoms with Gasteiger partial charge in [-0.15, -0.1) is 0 Å². The van der Waals surface area contributed by atoms with E-state index in [1.165, 1.54) is 5.56 Å². The van der Waals surface area contributed by atoms with Crippen molar-refractivity contribution >= 4 is 0 Å². The Kier molecular flexibility index (Phi) is 2.26. The molecule has 3 nitrogen and oxygen atoms in total. The van der Waals surface area contributed by atoms with Gasteiger partial charge in [0.25, 0.3) is 0 Å². The van der Waals surface area contributed by atoms with Crippen LogP contribution in [0.25, 0.3) is 11.3 Å². The molecular formula is C12H11N3. The third-order valence-electron chi connectivity index (χ3n) is 2.31. The second-order valence-corrected chi connectivity index (χ2v) is 3.52. The van der Waals surface area contributed by atoms with Gasteiger partial charge in [-0.1, -0.05) is 23.8 Å². The third kappa shape index (κ3) is 1.75. The van der Waals surface area contributed by atoms with Crippen molar-refractivity contribution in [1.82, 2.24) is 9.78 Å². The molecule has 0 fully saturated rings. The number of hydrogen-bond acceptors (Lipinski definition) is 2. The van der Waals surface area contributed by atoms with Crippen molar-refractivity contribution in [3.05, 3.63) is 41.6 Å². The standard InChI is InChI=1S/C12H11N3/c1-9-4-3-5-10(6-9)12-7-11(8-13)14-15(12)2/h3-7H,1-2H3. The Balaban J connectivity index is 2.54. The van der Waals surface area contributed by atoms with Gasteiger partial charge in [0.1, 0.15) is 6.07 Å². The van der Waals surface area contributed by atoms with E-state index >= 15 is 0 Å². The predicted molar refractivity (Wildman–Crippen MR) is 58.1 cm³/mol. The number of aryl methyl sites for hydroxylation is 2. The van der Waals surface area contributed by atoms with Crippen molar-refractivity contribution in [2.45, 2.75) is 6.92 Å². The van der Waals surface area contributed by atoms with Crippen molar-refractivity contribution in [1.29, 1.82) is 5.26 Å². The Morgan fingerprint density at radius 2 is 2.13 bits per heavy atom. The zero-order valence-corrected chi connectivity index (χ0v) is 8.73. The summed E-state index contributed by atoms with van der Waals surface area (Å²) in [6.45, 7) is 2.05. The molecule has 0 aliphatic heterocycles. The molecule has 0 spiro atoms. The fourth-order valence-electron chi connectivity index (χ4n) is 1.60. The molecule has 1 aromatic heterocycles. The molecule has 0 saturated carbocycles. The van der Waals surface area contributed by atoms with Crippen molar-refractivity contribution in [3.63, 3.8) is 0 Å². The summed E-state index contributed by atoms with van der Waals surface area (Å²) in [5.74, 6) is 0. The minimum Gasteiger partial charge on any atom is -0.267 e. The molecule has 0 aliphatic carbocycles. The summed E-state index contributed by atoms with van der Waals surface area (Å²) < 4.78 is 1.73. The first kappa shape index (κ1) is 9.47. The van der Waals surface area contributed by atoms with Gasteiger partial charge in [-0.3, -0.25) is 4.68 Å². The Bertz CT molecular complexity index is 532. The van der Waals surface area contributed by atoms with Crippen LogP contribution in [0.15, 0.2) is 30.3 Å². The third-order valence-corrected chi connectivity index (χ3v) is 2.31. The summed E-state index contributed by atoms with van der Waals surface area (Å²) in [5.41, 5.74) is 3.71. The normalized spacial score (nSPS) is 9.93. The van der Waals surface area contributed by atoms with E-state index in [0.717, 1.165) is 11.3 Å². The molecule has 0 bridgehead atoms. The summed E-state index contributed by atoms with van der Waals surface area (Å²) in [4.78, 5) is 0. The molecule has 0 saturated heterocycles. The molecule has 74 valence electrons. The van der Waals surface area contributed by atoms with Crippen LogP contribution in [0.1, 0.15) is 11.3 Å². The van der Waals surface area contributed by atoms with Crippen LogP contribution in [0.5, 0.6) is 0 Å². The van der Waals surface area contributed by atoms with Crippen LogP contribution in [0.3, 0.4) is 0 Å². The van der Waals surface area contributed by atoms with E-state index in [-0.39, 0.29) is 0 Å². The average molecular weight is 197 g/mol. The van der Waals surface area contributed by atoms with Gasteiger partial charge >= 0.3 is 0 Å². The van der Waals surface area contributed by atoms with Gasteiger partial charge < -0.3 is 0 Å². The molecule has 1 heterocycles. The Labute approximate surface area is 88.6 Å². The molecule has 0 aliphatic rings. The van der Waals surface area contributed by atoms with Gasteiger partial charge in [0, 0.05) is 18.7 Å². The fraction of sp³-hybridized carbons (Fsp3) is 0.167. The van der Waals surface area contributed by atoms with Crippen LogP contribution in [0, 0.1) is 18.3 Å². The molecule has 1 aromatic carbocycles. The SMILES string of the molecule is Cc1cccc(-c2cc(C#N)nn2C)c1. The van der Waals surface area contributed by atoms with Crippen LogP contribution >= 0.6 is 0 Å². The van der Waals surface area contributed by atoms with Gasteiger partial charge in [-0.05, 0) is 13.0 Å². The highest BCUT2D eigenvalue weighted by molar-refractivity contribution is 5.61. The lowest BCUT2D eigenvalue weighted by atomic mass is 10.1. The van der Waals surface area contributed by atoms with Gasteiger partial charge in [0.05, 0.1) is 5.69 Å². The van der Waals surface area contributed by atoms with E-state index in [2.05, 4.69) is 11.2 Å². The molecule has 0 N–H and O–H groups in total. The summed E-state index contributed by atoms with van der Waals surface area (Å²) in [6, 6.07) is 12.0. The predicted octanol–water partition coefficient (Wildman–Crippen LogP) is 2.27. The molecular weight excluding hydrogens is 186 g/mol. The van der Waals surface area contributed by atoms with Gasteiger partial charge in [0.2, 0.25) is 0 Å². The maximum atomic E-state index is 8.75. The first-order valence-corrected chi connectivity index (χ1v) is 4.72. The molecule has 0 amide bonds. The van der Waals surface area contributed by atoms with Gasteiger partial charge in [-0.2, -0.15) is 10.4 Å². The van der Waals surface area contributed by atoms with Crippen LogP contribution in [0.4, 0.5) is 0 Å². The lowest BCUT2D eigenvalue weighted by molar-refractivity contribution is 0.771. The number of nitriles is 1. The second-order valence-electron chi connectivity index (χ2n) is 3.52. The fourth-order valence-corrected chi connectivity index (χ4v) is 1.60. The van der Waals surface area contributed by atoms with E-state index in [0.29, 0.717) is 5.69 Å². The minimum atomic E-state index is 0.453. The van der Waals surface area contributed by atoms with Crippen LogP contribution in [-0.2, 0) is 7.05 Å². The number of rotatable bonds is 1. The van der Waals surface area contributed by atoms with E-state index in [9.17, 15) is 0 Å². The number of aromatic nitrogens is 2. The van der Waals surface area contributed by atoms with Crippen molar-refractivity contribution in [2.24, 2.45) is 7.05 Å². The summed E-state index contributed by atoms with van der Waals surface area (Å²) in [5, 5.41) is 12.8. The zero-order valence-electron chi connectivity index (χ0n) is 8.73. The molecule has 0 atom stereocenters. The summed E-state index contributed by atoms with van der Waals surface area (Å²) in [6.07, 6.45) is 0. The molecule has 0 unspecified atom stereocenters. The average Bonchev–Trinajstić information content (AvgIpc) is 2.60. The molecule has 2 aromatic rings. The highest BCUT2D eigenvalue weighted by atomic mass is 15.3. The highest BCUT2D eigenvalue weighted by Crippen LogP contribution is 2.20. The maximum absolute atomic E-state index is 8.75. The van der Waals surface area contributed by atoms with Crippen molar-refractivity contribution < 1.29 is 0 Å². The summed E-state index contributed by atoms with van der Waals surface area (Å²) in [7, 11) is 1.85. The Morgan fingerprint density at radius 1 is 1.33 bits per heavy atom. The van der Waals surface area contributed by atoms with E-state index < -0.39 is 0 Å². The first-order valence-electron chi connectivity index (χ1n) is 4.72. The first-order chi connectivity index (χ1) is 7.20. The Morgan fingerprint density at radius 3 is 2.73 bits per heavy atom. The molecule has 2 rings (SSSR count). The maximum Gasteiger partial charge on any atom is 0.163 e. The second kappa shape index (κ2) is 3.58. The van der Waals surface area contributed by atoms with Crippen LogP contribution in [-0.4, -0.2) is 9.78 Å². The number of hydrogen-bond donors (Lipinski definition) is 0. The van der Waals surface area contributed by atoms with E-state index in [1.807, 2.05) is 38.2 Å². The van der Waals surface area contributed by atoms with Gasteiger partial charge in [-0.25, -0.2) is 0 Å². The minimum absolute atomic E-state index is 0.453. The lowest BCUT2D eigenvalue weighted by Gasteiger charge is -2.02. The quantitative estimate of drug-likeness (QED) is 0.703. The molecule has 0 radical (unpaired) electrons. The van der Waals surface area contributed by atoms with Crippen LogP contribution in [0.2, 0.25) is 0 Å². The number of nitrogens with zero attached hydrogens (tertiary/aromatic N) is 3. The summed E-state index contributed by atoms with van der Waals surface area (Å²) >= 11 is 0. The van der Waals surface area contributed by atoms with E-state index in [4.69, 9.17) is 5.26 Å². The Hall–Kier alpha value is -2.08. The number of benzene rings is 1. The monoisotopic (exact) mass is 197 g/mol. The van der Waals surface area contributed by atoms with Gasteiger partial charge in [0.15, 0.2) is 5.69 Å². The van der Waals surface area contributed by atoms with Crippen molar-refractivity contribution in [3.8, 4) is 17.3 Å². The molecule has 15 heavy (non-hydrogen) atoms. The largest absolute Gasteiger partial charge is 0.267 e. The smallest absolute Gasteiger partial charge is 0.163 e. The highest BCUT2D eigenvalue weighted by Gasteiger charge is 2.06. The lowest BCUT2D eigenvalue weighted by Crippen LogP contribution is -1.93. The van der Waals surface area contributed by atoms with Crippen molar-refractivity contribution in [2.75, 3.05) is 0 Å². The van der Waals surface area contributed by atoms with Crippen LogP contribution < -0.4 is 0 Å². The zero-order chi connectivity index (χ0) is 10.8. The topological polar surface area (TPSA) is 41.6 Å². The molecule has 3 heteroatoms. The van der Waals surface area contributed by atoms with E-state index in [1.54, 1.807) is 10.7 Å².